The zero-order valence-corrected chi connectivity index (χ0v) is 19.8. The molecule has 3 aromatic rings. The normalized spacial score (nSPS) is 21.8. The minimum Gasteiger partial charge on any atom is -0.478 e. The Kier molecular flexibility index (Phi) is 5.01. The van der Waals surface area contributed by atoms with Gasteiger partial charge in [-0.05, 0) is 41.8 Å². The van der Waals surface area contributed by atoms with Gasteiger partial charge >= 0.3 is 5.97 Å². The molecule has 1 aliphatic heterocycles. The number of fused-ring (bicyclic) bond motifs is 2. The summed E-state index contributed by atoms with van der Waals surface area (Å²) in [7, 11) is 0. The number of para-hydroxylation sites is 1. The first-order valence-corrected chi connectivity index (χ1v) is 11.9. The van der Waals surface area contributed by atoms with E-state index in [-0.39, 0.29) is 16.7 Å². The first-order chi connectivity index (χ1) is 15.7. The second-order valence-electron chi connectivity index (χ2n) is 9.68. The van der Waals surface area contributed by atoms with Crippen molar-refractivity contribution in [2.45, 2.75) is 27.2 Å². The van der Waals surface area contributed by atoms with Crippen LogP contribution in [0.15, 0.2) is 66.3 Å². The summed E-state index contributed by atoms with van der Waals surface area (Å²) in [6.07, 6.45) is 5.30. The largest absolute Gasteiger partial charge is 0.478 e. The lowest BCUT2D eigenvalue weighted by Gasteiger charge is -2.50. The number of allylic oxidation sites excluding steroid dienone is 2. The molecule has 1 N–H and O–H groups in total. The molecule has 33 heavy (non-hydrogen) atoms. The number of benzene rings is 2. The predicted molar refractivity (Wildman–Crippen MR) is 131 cm³/mol. The van der Waals surface area contributed by atoms with Crippen molar-refractivity contribution in [1.82, 2.24) is 9.88 Å². The van der Waals surface area contributed by atoms with E-state index in [2.05, 4.69) is 37.9 Å². The van der Waals surface area contributed by atoms with Crippen LogP contribution in [0.4, 0.5) is 0 Å². The number of thiazole rings is 1. The van der Waals surface area contributed by atoms with Gasteiger partial charge in [-0.2, -0.15) is 0 Å². The summed E-state index contributed by atoms with van der Waals surface area (Å²) < 4.78 is 1.03. The first-order valence-electron chi connectivity index (χ1n) is 11.1. The van der Waals surface area contributed by atoms with Gasteiger partial charge in [0, 0.05) is 23.9 Å². The van der Waals surface area contributed by atoms with E-state index in [0.29, 0.717) is 23.7 Å². The van der Waals surface area contributed by atoms with Crippen LogP contribution in [-0.4, -0.2) is 40.0 Å². The highest BCUT2D eigenvalue weighted by molar-refractivity contribution is 7.20. The number of hydrogen-bond acceptors (Lipinski definition) is 4. The molecule has 0 saturated heterocycles. The molecular formula is C27H26N2O3S. The third-order valence-electron chi connectivity index (χ3n) is 7.02. The van der Waals surface area contributed by atoms with Crippen molar-refractivity contribution in [1.29, 1.82) is 0 Å². The fourth-order valence-corrected chi connectivity index (χ4v) is 6.39. The smallest absolute Gasteiger partial charge is 0.335 e. The van der Waals surface area contributed by atoms with E-state index in [1.54, 1.807) is 12.1 Å². The van der Waals surface area contributed by atoms with E-state index in [9.17, 15) is 14.7 Å². The third kappa shape index (κ3) is 3.59. The lowest BCUT2D eigenvalue weighted by molar-refractivity contribution is 0.0678. The number of carbonyl (C=O) groups is 2. The van der Waals surface area contributed by atoms with Crippen molar-refractivity contribution >= 4 is 39.0 Å². The van der Waals surface area contributed by atoms with Gasteiger partial charge in [0.25, 0.3) is 5.91 Å². The maximum atomic E-state index is 13.3. The van der Waals surface area contributed by atoms with Crippen LogP contribution in [0, 0.1) is 10.8 Å². The lowest BCUT2D eigenvalue weighted by Crippen LogP contribution is -2.48. The molecule has 0 fully saturated rings. The molecule has 0 spiro atoms. The van der Waals surface area contributed by atoms with Crippen molar-refractivity contribution in [3.05, 3.63) is 82.4 Å². The van der Waals surface area contributed by atoms with Crippen LogP contribution in [-0.2, 0) is 0 Å². The Morgan fingerprint density at radius 1 is 1.03 bits per heavy atom. The highest BCUT2D eigenvalue weighted by Gasteiger charge is 2.46. The number of carboxylic acid groups (broad SMARTS) is 1. The topological polar surface area (TPSA) is 70.5 Å². The summed E-state index contributed by atoms with van der Waals surface area (Å²) in [6.45, 7) is 7.89. The number of aromatic nitrogens is 1. The molecule has 5 nitrogen and oxygen atoms in total. The van der Waals surface area contributed by atoms with Gasteiger partial charge in [0.05, 0.1) is 15.8 Å². The summed E-state index contributed by atoms with van der Waals surface area (Å²) in [5.41, 5.74) is 4.36. The van der Waals surface area contributed by atoms with Crippen LogP contribution in [0.2, 0.25) is 0 Å². The van der Waals surface area contributed by atoms with Gasteiger partial charge in [0.1, 0.15) is 0 Å². The van der Waals surface area contributed by atoms with E-state index in [1.165, 1.54) is 22.5 Å². The predicted octanol–water partition coefficient (Wildman–Crippen LogP) is 5.90. The average Bonchev–Trinajstić information content (AvgIpc) is 3.22. The Balaban J connectivity index is 1.43. The Hall–Kier alpha value is -3.25. The minimum absolute atomic E-state index is 0.00966. The Morgan fingerprint density at radius 2 is 1.76 bits per heavy atom. The number of nitrogens with zero attached hydrogens (tertiary/aromatic N) is 2. The van der Waals surface area contributed by atoms with E-state index in [1.807, 2.05) is 41.3 Å². The average molecular weight is 459 g/mol. The number of rotatable bonds is 3. The second-order valence-corrected chi connectivity index (χ2v) is 10.7. The SMILES string of the molecule is CC1(C)C(c2ccc(C(=O)O)cc2)=CC[C@]2(C)CN(C(=O)c3nc4ccccc4s3)CC=C12. The molecule has 0 bridgehead atoms. The molecule has 1 aliphatic carbocycles. The van der Waals surface area contributed by atoms with Gasteiger partial charge in [0.15, 0.2) is 5.01 Å². The number of carboxylic acids is 1. The number of hydrogen-bond donors (Lipinski definition) is 1. The van der Waals surface area contributed by atoms with Gasteiger partial charge in [0.2, 0.25) is 0 Å². The minimum atomic E-state index is -0.918. The van der Waals surface area contributed by atoms with Gasteiger partial charge < -0.3 is 10.0 Å². The summed E-state index contributed by atoms with van der Waals surface area (Å²) in [5.74, 6) is -0.927. The van der Waals surface area contributed by atoms with E-state index < -0.39 is 5.97 Å². The molecule has 2 aromatic carbocycles. The molecule has 2 heterocycles. The Labute approximate surface area is 197 Å². The molecule has 6 heteroatoms. The van der Waals surface area contributed by atoms with Gasteiger partial charge in [-0.1, -0.05) is 62.8 Å². The quantitative estimate of drug-likeness (QED) is 0.496. The first kappa shape index (κ1) is 21.6. The maximum Gasteiger partial charge on any atom is 0.335 e. The van der Waals surface area contributed by atoms with Gasteiger partial charge in [-0.25, -0.2) is 9.78 Å². The standard InChI is InChI=1S/C27H26N2O3S/c1-26(2)19(17-8-10-18(11-9-17)25(31)32)12-14-27(3)16-29(15-13-22(26)27)24(30)23-28-20-6-4-5-7-21(20)33-23/h4-13H,14-16H2,1-3H3,(H,31,32)/t27-/m1/s1. The van der Waals surface area contributed by atoms with Crippen molar-refractivity contribution in [3.8, 4) is 0 Å². The molecule has 0 unspecified atom stereocenters. The number of amides is 1. The molecular weight excluding hydrogens is 432 g/mol. The van der Waals surface area contributed by atoms with Gasteiger partial charge in [-0.15, -0.1) is 11.3 Å². The molecule has 1 atom stereocenters. The Morgan fingerprint density at radius 3 is 2.45 bits per heavy atom. The van der Waals surface area contributed by atoms with Crippen LogP contribution in [0.3, 0.4) is 0 Å². The molecule has 0 radical (unpaired) electrons. The molecule has 1 aromatic heterocycles. The van der Waals surface area contributed by atoms with Crippen LogP contribution in [0.1, 0.15) is 52.9 Å². The molecule has 168 valence electrons. The highest BCUT2D eigenvalue weighted by atomic mass is 32.1. The number of aromatic carboxylic acids is 1. The fourth-order valence-electron chi connectivity index (χ4n) is 5.46. The van der Waals surface area contributed by atoms with Crippen molar-refractivity contribution in [2.75, 3.05) is 13.1 Å². The number of carbonyl (C=O) groups excluding carboxylic acids is 1. The zero-order chi connectivity index (χ0) is 23.4. The van der Waals surface area contributed by atoms with E-state index in [4.69, 9.17) is 0 Å². The summed E-state index contributed by atoms with van der Waals surface area (Å²) in [6, 6.07) is 15.0. The van der Waals surface area contributed by atoms with Crippen molar-refractivity contribution in [3.63, 3.8) is 0 Å². The van der Waals surface area contributed by atoms with Crippen LogP contribution in [0.25, 0.3) is 15.8 Å². The van der Waals surface area contributed by atoms with E-state index in [0.717, 1.165) is 22.2 Å². The monoisotopic (exact) mass is 458 g/mol. The van der Waals surface area contributed by atoms with Crippen molar-refractivity contribution < 1.29 is 14.7 Å². The van der Waals surface area contributed by atoms with E-state index >= 15 is 0 Å². The van der Waals surface area contributed by atoms with Gasteiger partial charge in [-0.3, -0.25) is 4.79 Å². The fraction of sp³-hybridized carbons (Fsp3) is 0.296. The molecule has 1 amide bonds. The van der Waals surface area contributed by atoms with Crippen LogP contribution in [0.5, 0.6) is 0 Å². The zero-order valence-electron chi connectivity index (χ0n) is 19.0. The van der Waals surface area contributed by atoms with Crippen LogP contribution >= 0.6 is 11.3 Å². The van der Waals surface area contributed by atoms with Crippen LogP contribution < -0.4 is 0 Å². The lowest BCUT2D eigenvalue weighted by atomic mass is 9.58. The second kappa shape index (κ2) is 7.66. The summed E-state index contributed by atoms with van der Waals surface area (Å²) >= 11 is 1.45. The molecule has 0 saturated carbocycles. The Bertz CT molecular complexity index is 1300. The highest BCUT2D eigenvalue weighted by Crippen LogP contribution is 2.55. The summed E-state index contributed by atoms with van der Waals surface area (Å²) in [4.78, 5) is 31.0. The molecule has 5 rings (SSSR count). The van der Waals surface area contributed by atoms with Crippen molar-refractivity contribution in [2.24, 2.45) is 10.8 Å². The molecule has 2 aliphatic rings. The third-order valence-corrected chi connectivity index (χ3v) is 8.04. The summed E-state index contributed by atoms with van der Waals surface area (Å²) in [5, 5.41) is 9.75. The maximum absolute atomic E-state index is 13.3.